The Bertz CT molecular complexity index is 549. The van der Waals surface area contributed by atoms with Crippen molar-refractivity contribution in [2.45, 2.75) is 52.7 Å². The maximum atomic E-state index is 5.58. The van der Waals surface area contributed by atoms with Crippen LogP contribution in [0.3, 0.4) is 0 Å². The van der Waals surface area contributed by atoms with Crippen LogP contribution in [0.4, 0.5) is 0 Å². The van der Waals surface area contributed by atoms with Gasteiger partial charge in [0, 0.05) is 39.3 Å². The van der Waals surface area contributed by atoms with E-state index < -0.39 is 0 Å². The van der Waals surface area contributed by atoms with Crippen LogP contribution in [0, 0.1) is 0 Å². The van der Waals surface area contributed by atoms with Crippen LogP contribution in [0.2, 0.25) is 0 Å². The highest BCUT2D eigenvalue weighted by atomic mass is 16.5. The first-order chi connectivity index (χ1) is 13.6. The van der Waals surface area contributed by atoms with E-state index in [0.29, 0.717) is 32.4 Å². The number of unbranched alkanes of at least 4 members (excludes halogenated alkanes) is 1. The minimum atomic E-state index is 0.521. The van der Waals surface area contributed by atoms with E-state index in [1.54, 1.807) is 7.05 Å². The van der Waals surface area contributed by atoms with E-state index in [4.69, 9.17) is 9.47 Å². The van der Waals surface area contributed by atoms with Crippen LogP contribution >= 0.6 is 0 Å². The normalized spacial score (nSPS) is 12.0. The molecule has 0 aliphatic carbocycles. The molecule has 0 atom stereocenters. The van der Waals surface area contributed by atoms with Gasteiger partial charge in [-0.2, -0.15) is 0 Å². The molecule has 0 saturated carbocycles. The van der Waals surface area contributed by atoms with E-state index in [2.05, 4.69) is 72.6 Å². The van der Waals surface area contributed by atoms with Gasteiger partial charge >= 0.3 is 0 Å². The monoisotopic (exact) mass is 392 g/mol. The third kappa shape index (κ3) is 10.6. The summed E-state index contributed by atoms with van der Waals surface area (Å²) in [6.45, 7) is 11.7. The fourth-order valence-electron chi connectivity index (χ4n) is 2.55. The highest BCUT2D eigenvalue weighted by Gasteiger charge is 2.08. The molecule has 0 heterocycles. The number of aliphatic imine (C=N–C) groups is 1. The van der Waals surface area contributed by atoms with Gasteiger partial charge in [-0.1, -0.05) is 37.6 Å². The SMILES string of the molecule is CCCCOCCOCCNC(=NC)NCc1ccccc1CN(C)C(C)C. The van der Waals surface area contributed by atoms with Crippen molar-refractivity contribution in [2.24, 2.45) is 4.99 Å². The Hall–Kier alpha value is -1.63. The first kappa shape index (κ1) is 24.4. The minimum absolute atomic E-state index is 0.521. The Balaban J connectivity index is 2.29. The summed E-state index contributed by atoms with van der Waals surface area (Å²) in [6, 6.07) is 9.08. The van der Waals surface area contributed by atoms with Crippen molar-refractivity contribution in [3.63, 3.8) is 0 Å². The van der Waals surface area contributed by atoms with Gasteiger partial charge in [0.2, 0.25) is 0 Å². The lowest BCUT2D eigenvalue weighted by Crippen LogP contribution is -2.39. The van der Waals surface area contributed by atoms with Gasteiger partial charge in [-0.15, -0.1) is 0 Å². The lowest BCUT2D eigenvalue weighted by Gasteiger charge is -2.23. The van der Waals surface area contributed by atoms with Crippen LogP contribution in [0.1, 0.15) is 44.7 Å². The lowest BCUT2D eigenvalue weighted by atomic mass is 10.1. The second kappa shape index (κ2) is 15.3. The number of guanidine groups is 1. The van der Waals surface area contributed by atoms with Crippen molar-refractivity contribution in [1.29, 1.82) is 0 Å². The number of benzene rings is 1. The van der Waals surface area contributed by atoms with Crippen molar-refractivity contribution in [3.05, 3.63) is 35.4 Å². The van der Waals surface area contributed by atoms with Gasteiger partial charge in [0.05, 0.1) is 19.8 Å². The zero-order valence-corrected chi connectivity index (χ0v) is 18.5. The summed E-state index contributed by atoms with van der Waals surface area (Å²) >= 11 is 0. The predicted molar refractivity (Wildman–Crippen MR) is 118 cm³/mol. The smallest absolute Gasteiger partial charge is 0.191 e. The highest BCUT2D eigenvalue weighted by Crippen LogP contribution is 2.12. The highest BCUT2D eigenvalue weighted by molar-refractivity contribution is 5.79. The second-order valence-corrected chi connectivity index (χ2v) is 7.21. The number of rotatable bonds is 14. The molecule has 1 rings (SSSR count). The van der Waals surface area contributed by atoms with E-state index in [-0.39, 0.29) is 0 Å². The number of hydrogen-bond donors (Lipinski definition) is 2. The molecule has 0 aliphatic heterocycles. The topological polar surface area (TPSA) is 58.1 Å². The molecule has 0 amide bonds. The third-order valence-corrected chi connectivity index (χ3v) is 4.64. The fraction of sp³-hybridized carbons (Fsp3) is 0.682. The molecular weight excluding hydrogens is 352 g/mol. The molecule has 2 N–H and O–H groups in total. The minimum Gasteiger partial charge on any atom is -0.379 e. The van der Waals surface area contributed by atoms with Gasteiger partial charge in [-0.3, -0.25) is 9.89 Å². The van der Waals surface area contributed by atoms with Gasteiger partial charge in [0.25, 0.3) is 0 Å². The van der Waals surface area contributed by atoms with Crippen molar-refractivity contribution >= 4 is 5.96 Å². The third-order valence-electron chi connectivity index (χ3n) is 4.64. The molecule has 6 heteroatoms. The van der Waals surface area contributed by atoms with Crippen LogP contribution in [0.25, 0.3) is 0 Å². The molecule has 0 aliphatic rings. The van der Waals surface area contributed by atoms with Crippen LogP contribution < -0.4 is 10.6 Å². The van der Waals surface area contributed by atoms with E-state index >= 15 is 0 Å². The number of nitrogens with one attached hydrogen (secondary N) is 2. The maximum absolute atomic E-state index is 5.58. The number of nitrogens with zero attached hydrogens (tertiary/aromatic N) is 2. The Morgan fingerprint density at radius 1 is 1.04 bits per heavy atom. The largest absolute Gasteiger partial charge is 0.379 e. The lowest BCUT2D eigenvalue weighted by molar-refractivity contribution is 0.0487. The molecule has 1 aromatic carbocycles. The Morgan fingerprint density at radius 3 is 2.36 bits per heavy atom. The van der Waals surface area contributed by atoms with Crippen molar-refractivity contribution in [3.8, 4) is 0 Å². The molecule has 0 spiro atoms. The summed E-state index contributed by atoms with van der Waals surface area (Å²) in [5, 5.41) is 6.69. The predicted octanol–water partition coefficient (Wildman–Crippen LogP) is 3.03. The van der Waals surface area contributed by atoms with Crippen molar-refractivity contribution in [2.75, 3.05) is 47.1 Å². The van der Waals surface area contributed by atoms with E-state index in [1.165, 1.54) is 11.1 Å². The number of hydrogen-bond acceptors (Lipinski definition) is 4. The van der Waals surface area contributed by atoms with Crippen molar-refractivity contribution < 1.29 is 9.47 Å². The molecule has 1 aromatic rings. The zero-order chi connectivity index (χ0) is 20.6. The zero-order valence-electron chi connectivity index (χ0n) is 18.5. The van der Waals surface area contributed by atoms with Crippen LogP contribution in [0.5, 0.6) is 0 Å². The maximum Gasteiger partial charge on any atom is 0.191 e. The first-order valence-electron chi connectivity index (χ1n) is 10.5. The average Bonchev–Trinajstić information content (AvgIpc) is 2.69. The van der Waals surface area contributed by atoms with E-state index in [9.17, 15) is 0 Å². The van der Waals surface area contributed by atoms with E-state index in [0.717, 1.165) is 38.5 Å². The second-order valence-electron chi connectivity index (χ2n) is 7.21. The van der Waals surface area contributed by atoms with Crippen molar-refractivity contribution in [1.82, 2.24) is 15.5 Å². The Labute approximate surface area is 171 Å². The first-order valence-corrected chi connectivity index (χ1v) is 10.5. The summed E-state index contributed by atoms with van der Waals surface area (Å²) < 4.78 is 11.1. The molecular formula is C22H40N4O2. The molecule has 0 unspecified atom stereocenters. The summed E-state index contributed by atoms with van der Waals surface area (Å²) in [7, 11) is 3.94. The van der Waals surface area contributed by atoms with Gasteiger partial charge in [0.1, 0.15) is 0 Å². The molecule has 6 nitrogen and oxygen atoms in total. The fourth-order valence-corrected chi connectivity index (χ4v) is 2.55. The van der Waals surface area contributed by atoms with Gasteiger partial charge < -0.3 is 20.1 Å². The average molecular weight is 393 g/mol. The van der Waals surface area contributed by atoms with Gasteiger partial charge in [0.15, 0.2) is 5.96 Å². The molecule has 160 valence electrons. The van der Waals surface area contributed by atoms with E-state index in [1.807, 2.05) is 0 Å². The molecule has 28 heavy (non-hydrogen) atoms. The summed E-state index contributed by atoms with van der Waals surface area (Å²) in [4.78, 5) is 6.64. The Morgan fingerprint density at radius 2 is 1.71 bits per heavy atom. The summed E-state index contributed by atoms with van der Waals surface area (Å²) in [5.41, 5.74) is 2.63. The molecule has 0 saturated heterocycles. The van der Waals surface area contributed by atoms with Crippen LogP contribution in [-0.2, 0) is 22.6 Å². The molecule has 0 radical (unpaired) electrons. The van der Waals surface area contributed by atoms with Crippen LogP contribution in [-0.4, -0.2) is 64.0 Å². The van der Waals surface area contributed by atoms with Gasteiger partial charge in [-0.25, -0.2) is 0 Å². The Kier molecular flexibility index (Phi) is 13.3. The number of ether oxygens (including phenoxy) is 2. The molecule has 0 bridgehead atoms. The molecule has 0 aromatic heterocycles. The standard InChI is InChI=1S/C22H40N4O2/c1-6-7-13-27-15-16-28-14-12-24-22(23-4)25-17-20-10-8-9-11-21(20)18-26(5)19(2)3/h8-11,19H,6-7,12-18H2,1-5H3,(H2,23,24,25). The van der Waals surface area contributed by atoms with Crippen LogP contribution in [0.15, 0.2) is 29.3 Å². The summed E-state index contributed by atoms with van der Waals surface area (Å²) in [6.07, 6.45) is 2.27. The quantitative estimate of drug-likeness (QED) is 0.290. The molecule has 0 fully saturated rings. The summed E-state index contributed by atoms with van der Waals surface area (Å²) in [5.74, 6) is 0.787. The van der Waals surface area contributed by atoms with Gasteiger partial charge in [-0.05, 0) is 38.4 Å².